The van der Waals surface area contributed by atoms with Crippen LogP contribution in [0, 0.1) is 17.5 Å². The Kier molecular flexibility index (Phi) is 3.62. The highest BCUT2D eigenvalue weighted by atomic mass is 19.1. The average Bonchev–Trinajstić information content (AvgIpc) is 2.33. The molecular formula is C15H13F3O. The molecule has 0 aliphatic rings. The third-order valence-corrected chi connectivity index (χ3v) is 3.00. The number of hydrogen-bond donors (Lipinski definition) is 1. The van der Waals surface area contributed by atoms with Gasteiger partial charge in [-0.2, -0.15) is 0 Å². The summed E-state index contributed by atoms with van der Waals surface area (Å²) in [4.78, 5) is 0. The smallest absolute Gasteiger partial charge is 0.129 e. The molecule has 0 amide bonds. The number of hydrogen-bond acceptors (Lipinski definition) is 1. The van der Waals surface area contributed by atoms with Crippen LogP contribution in [0.25, 0.3) is 0 Å². The summed E-state index contributed by atoms with van der Waals surface area (Å²) in [5, 5.41) is 10.3. The molecule has 2 aromatic carbocycles. The number of benzene rings is 2. The second-order valence-electron chi connectivity index (χ2n) is 4.67. The van der Waals surface area contributed by atoms with Gasteiger partial charge >= 0.3 is 0 Å². The molecule has 1 unspecified atom stereocenters. The monoisotopic (exact) mass is 266 g/mol. The van der Waals surface area contributed by atoms with Gasteiger partial charge in [-0.25, -0.2) is 13.2 Å². The lowest BCUT2D eigenvalue weighted by molar-refractivity contribution is 0.0528. The third kappa shape index (κ3) is 2.96. The van der Waals surface area contributed by atoms with Crippen molar-refractivity contribution >= 4 is 0 Å². The van der Waals surface area contributed by atoms with E-state index in [9.17, 15) is 18.3 Å². The molecule has 2 rings (SSSR count). The zero-order valence-corrected chi connectivity index (χ0v) is 10.3. The van der Waals surface area contributed by atoms with Crippen molar-refractivity contribution in [3.8, 4) is 0 Å². The summed E-state index contributed by atoms with van der Waals surface area (Å²) in [5.41, 5.74) is -1.35. The first-order valence-electron chi connectivity index (χ1n) is 5.81. The van der Waals surface area contributed by atoms with Crippen LogP contribution >= 0.6 is 0 Å². The molecule has 19 heavy (non-hydrogen) atoms. The lowest BCUT2D eigenvalue weighted by Gasteiger charge is -2.24. The Morgan fingerprint density at radius 2 is 1.68 bits per heavy atom. The maximum Gasteiger partial charge on any atom is 0.129 e. The van der Waals surface area contributed by atoms with Crippen LogP contribution in [0.15, 0.2) is 42.5 Å². The van der Waals surface area contributed by atoms with Gasteiger partial charge in [0.1, 0.15) is 17.5 Å². The van der Waals surface area contributed by atoms with E-state index in [0.29, 0.717) is 0 Å². The normalized spacial score (nSPS) is 14.2. The quantitative estimate of drug-likeness (QED) is 0.900. The molecule has 1 nitrogen and oxygen atoms in total. The third-order valence-electron chi connectivity index (χ3n) is 3.00. The van der Waals surface area contributed by atoms with Crippen LogP contribution in [0.5, 0.6) is 0 Å². The highest BCUT2D eigenvalue weighted by Gasteiger charge is 2.27. The minimum Gasteiger partial charge on any atom is -0.385 e. The van der Waals surface area contributed by atoms with Gasteiger partial charge in [0.2, 0.25) is 0 Å². The van der Waals surface area contributed by atoms with Crippen LogP contribution in [0.4, 0.5) is 13.2 Å². The zero-order valence-electron chi connectivity index (χ0n) is 10.3. The van der Waals surface area contributed by atoms with E-state index in [4.69, 9.17) is 0 Å². The molecule has 100 valence electrons. The minimum atomic E-state index is -1.57. The molecular weight excluding hydrogens is 253 g/mol. The van der Waals surface area contributed by atoms with Gasteiger partial charge in [-0.1, -0.05) is 24.3 Å². The van der Waals surface area contributed by atoms with Crippen molar-refractivity contribution < 1.29 is 18.3 Å². The van der Waals surface area contributed by atoms with Crippen molar-refractivity contribution in [2.45, 2.75) is 18.9 Å². The summed E-state index contributed by atoms with van der Waals surface area (Å²) in [6.45, 7) is 1.40. The fourth-order valence-electron chi connectivity index (χ4n) is 2.03. The van der Waals surface area contributed by atoms with Gasteiger partial charge in [0.25, 0.3) is 0 Å². The molecule has 0 bridgehead atoms. The van der Waals surface area contributed by atoms with Crippen LogP contribution in [0.2, 0.25) is 0 Å². The maximum atomic E-state index is 13.6. The Labute approximate surface area is 109 Å². The molecule has 4 heteroatoms. The van der Waals surface area contributed by atoms with E-state index in [-0.39, 0.29) is 17.5 Å². The Morgan fingerprint density at radius 1 is 1.00 bits per heavy atom. The lowest BCUT2D eigenvalue weighted by atomic mass is 9.88. The Morgan fingerprint density at radius 3 is 2.32 bits per heavy atom. The van der Waals surface area contributed by atoms with E-state index < -0.39 is 23.1 Å². The van der Waals surface area contributed by atoms with Crippen LogP contribution in [-0.2, 0) is 12.0 Å². The van der Waals surface area contributed by atoms with Crippen LogP contribution in [-0.4, -0.2) is 5.11 Å². The first kappa shape index (κ1) is 13.6. The van der Waals surface area contributed by atoms with E-state index >= 15 is 0 Å². The van der Waals surface area contributed by atoms with E-state index in [2.05, 4.69) is 0 Å². The van der Waals surface area contributed by atoms with Gasteiger partial charge in [0.05, 0.1) is 5.60 Å². The van der Waals surface area contributed by atoms with E-state index in [1.165, 1.54) is 31.2 Å². The average molecular weight is 266 g/mol. The predicted molar refractivity (Wildman–Crippen MR) is 66.0 cm³/mol. The molecule has 1 N–H and O–H groups in total. The molecule has 0 saturated carbocycles. The van der Waals surface area contributed by atoms with Gasteiger partial charge in [-0.3, -0.25) is 0 Å². The van der Waals surface area contributed by atoms with Gasteiger partial charge in [0.15, 0.2) is 0 Å². The molecule has 2 aromatic rings. The first-order chi connectivity index (χ1) is 8.90. The number of halogens is 3. The Hall–Kier alpha value is -1.81. The van der Waals surface area contributed by atoms with Crippen molar-refractivity contribution in [3.63, 3.8) is 0 Å². The topological polar surface area (TPSA) is 20.2 Å². The van der Waals surface area contributed by atoms with Gasteiger partial charge in [-0.05, 0) is 24.6 Å². The van der Waals surface area contributed by atoms with Crippen molar-refractivity contribution in [1.82, 2.24) is 0 Å². The molecule has 0 fully saturated rings. The van der Waals surface area contributed by atoms with Crippen LogP contribution < -0.4 is 0 Å². The van der Waals surface area contributed by atoms with Gasteiger partial charge in [0, 0.05) is 18.1 Å². The molecule has 0 radical (unpaired) electrons. The first-order valence-corrected chi connectivity index (χ1v) is 5.81. The van der Waals surface area contributed by atoms with Crippen LogP contribution in [0.1, 0.15) is 18.1 Å². The Bertz CT molecular complexity index is 594. The maximum absolute atomic E-state index is 13.6. The van der Waals surface area contributed by atoms with Crippen molar-refractivity contribution in [1.29, 1.82) is 0 Å². The van der Waals surface area contributed by atoms with E-state index in [1.807, 2.05) is 0 Å². The summed E-state index contributed by atoms with van der Waals surface area (Å²) in [6.07, 6.45) is -0.139. The standard InChI is InChI=1S/C15H13F3O/c1-15(19,12-4-2-3-5-13(12)17)9-10-6-7-11(16)8-14(10)18/h2-8,19H,9H2,1H3. The highest BCUT2D eigenvalue weighted by molar-refractivity contribution is 5.28. The summed E-state index contributed by atoms with van der Waals surface area (Å²) < 4.78 is 40.0. The molecule has 0 spiro atoms. The van der Waals surface area contributed by atoms with Gasteiger partial charge in [-0.15, -0.1) is 0 Å². The summed E-state index contributed by atoms with van der Waals surface area (Å²) >= 11 is 0. The Balaban J connectivity index is 2.33. The fraction of sp³-hybridized carbons (Fsp3) is 0.200. The molecule has 0 aliphatic heterocycles. The SMILES string of the molecule is CC(O)(Cc1ccc(F)cc1F)c1ccccc1F. The molecule has 0 saturated heterocycles. The van der Waals surface area contributed by atoms with E-state index in [1.54, 1.807) is 6.07 Å². The number of aliphatic hydroxyl groups is 1. The van der Waals surface area contributed by atoms with Crippen molar-refractivity contribution in [3.05, 3.63) is 71.0 Å². The summed E-state index contributed by atoms with van der Waals surface area (Å²) in [6, 6.07) is 8.87. The second-order valence-corrected chi connectivity index (χ2v) is 4.67. The van der Waals surface area contributed by atoms with Crippen LogP contribution in [0.3, 0.4) is 0 Å². The molecule has 0 heterocycles. The predicted octanol–water partition coefficient (Wildman–Crippen LogP) is 3.55. The van der Waals surface area contributed by atoms with Gasteiger partial charge < -0.3 is 5.11 Å². The molecule has 0 aliphatic carbocycles. The second kappa shape index (κ2) is 5.05. The summed E-state index contributed by atoms with van der Waals surface area (Å²) in [7, 11) is 0. The molecule has 1 atom stereocenters. The largest absolute Gasteiger partial charge is 0.385 e. The summed E-state index contributed by atoms with van der Waals surface area (Å²) in [5.74, 6) is -2.00. The number of rotatable bonds is 3. The van der Waals surface area contributed by atoms with Crippen molar-refractivity contribution in [2.24, 2.45) is 0 Å². The van der Waals surface area contributed by atoms with E-state index in [0.717, 1.165) is 12.1 Å². The fourth-order valence-corrected chi connectivity index (χ4v) is 2.03. The highest BCUT2D eigenvalue weighted by Crippen LogP contribution is 2.28. The lowest BCUT2D eigenvalue weighted by Crippen LogP contribution is -2.26. The minimum absolute atomic E-state index is 0.0822. The zero-order chi connectivity index (χ0) is 14.0. The molecule has 0 aromatic heterocycles. The van der Waals surface area contributed by atoms with Crippen molar-refractivity contribution in [2.75, 3.05) is 0 Å².